The first-order valence-electron chi connectivity index (χ1n) is 13.7. The monoisotopic (exact) mass is 517 g/mol. The molecule has 0 aromatic heterocycles. The SMILES string of the molecule is CCCC(C)NC(=O)C(c1c(C)cccc1C)N(C(=O)C(NC(=O)OC(C)(C)C)C(C)C)C(C)(C)CC. The summed E-state index contributed by atoms with van der Waals surface area (Å²) in [6, 6.07) is 4.14. The van der Waals surface area contributed by atoms with Gasteiger partial charge in [-0.1, -0.05) is 52.3 Å². The van der Waals surface area contributed by atoms with Crippen molar-refractivity contribution in [3.05, 3.63) is 34.9 Å². The van der Waals surface area contributed by atoms with E-state index in [0.29, 0.717) is 6.42 Å². The Morgan fingerprint density at radius 1 is 0.946 bits per heavy atom. The van der Waals surface area contributed by atoms with Gasteiger partial charge in [0.25, 0.3) is 0 Å². The van der Waals surface area contributed by atoms with Gasteiger partial charge in [0, 0.05) is 11.6 Å². The summed E-state index contributed by atoms with van der Waals surface area (Å²) in [7, 11) is 0. The first-order chi connectivity index (χ1) is 17.0. The summed E-state index contributed by atoms with van der Waals surface area (Å²) in [5, 5.41) is 5.96. The molecular formula is C30H51N3O4. The maximum Gasteiger partial charge on any atom is 0.408 e. The van der Waals surface area contributed by atoms with Crippen molar-refractivity contribution in [3.63, 3.8) is 0 Å². The minimum Gasteiger partial charge on any atom is -0.444 e. The fraction of sp³-hybridized carbons (Fsp3) is 0.700. The number of carbonyl (C=O) groups excluding carboxylic acids is 3. The van der Waals surface area contributed by atoms with Crippen LogP contribution in [0.2, 0.25) is 0 Å². The summed E-state index contributed by atoms with van der Waals surface area (Å²) in [5.41, 5.74) is 1.32. The van der Waals surface area contributed by atoms with Crippen LogP contribution < -0.4 is 10.6 Å². The molecule has 0 radical (unpaired) electrons. The normalized spacial score (nSPS) is 14.5. The zero-order chi connectivity index (χ0) is 28.7. The molecule has 0 aliphatic rings. The Balaban J connectivity index is 3.74. The molecule has 0 aliphatic heterocycles. The van der Waals surface area contributed by atoms with Gasteiger partial charge in [0.15, 0.2) is 0 Å². The van der Waals surface area contributed by atoms with E-state index in [2.05, 4.69) is 17.6 Å². The smallest absolute Gasteiger partial charge is 0.408 e. The van der Waals surface area contributed by atoms with E-state index >= 15 is 0 Å². The van der Waals surface area contributed by atoms with Gasteiger partial charge >= 0.3 is 6.09 Å². The van der Waals surface area contributed by atoms with Gasteiger partial charge in [-0.05, 0) is 90.8 Å². The van der Waals surface area contributed by atoms with Crippen LogP contribution in [0.15, 0.2) is 18.2 Å². The number of benzene rings is 1. The summed E-state index contributed by atoms with van der Waals surface area (Å²) in [6.07, 6.45) is 1.74. The fourth-order valence-electron chi connectivity index (χ4n) is 4.51. The third-order valence-electron chi connectivity index (χ3n) is 6.79. The van der Waals surface area contributed by atoms with E-state index in [1.165, 1.54) is 0 Å². The first kappa shape index (κ1) is 32.5. The summed E-state index contributed by atoms with van der Waals surface area (Å²) < 4.78 is 5.47. The van der Waals surface area contributed by atoms with Gasteiger partial charge in [0.1, 0.15) is 17.7 Å². The predicted molar refractivity (Wildman–Crippen MR) is 150 cm³/mol. The highest BCUT2D eigenvalue weighted by Gasteiger charge is 2.44. The fourth-order valence-corrected chi connectivity index (χ4v) is 4.51. The highest BCUT2D eigenvalue weighted by Crippen LogP contribution is 2.36. The maximum atomic E-state index is 14.4. The Labute approximate surface area is 225 Å². The van der Waals surface area contributed by atoms with E-state index in [0.717, 1.165) is 29.5 Å². The van der Waals surface area contributed by atoms with E-state index < -0.39 is 29.3 Å². The second kappa shape index (κ2) is 13.3. The van der Waals surface area contributed by atoms with E-state index in [9.17, 15) is 14.4 Å². The second-order valence-corrected chi connectivity index (χ2v) is 12.1. The topological polar surface area (TPSA) is 87.7 Å². The van der Waals surface area contributed by atoms with Gasteiger partial charge in [-0.2, -0.15) is 0 Å². The minimum atomic E-state index is -0.867. The van der Waals surface area contributed by atoms with Gasteiger partial charge in [-0.25, -0.2) is 4.79 Å². The number of carbonyl (C=O) groups is 3. The van der Waals surface area contributed by atoms with Crippen LogP contribution in [0.3, 0.4) is 0 Å². The molecule has 210 valence electrons. The lowest BCUT2D eigenvalue weighted by Crippen LogP contribution is -2.61. The van der Waals surface area contributed by atoms with Crippen molar-refractivity contribution in [1.82, 2.24) is 15.5 Å². The molecule has 1 rings (SSSR count). The number of ether oxygens (including phenoxy) is 1. The average Bonchev–Trinajstić information content (AvgIpc) is 2.74. The molecule has 7 nitrogen and oxygen atoms in total. The van der Waals surface area contributed by atoms with Gasteiger partial charge in [-0.15, -0.1) is 0 Å². The Morgan fingerprint density at radius 2 is 1.49 bits per heavy atom. The Morgan fingerprint density at radius 3 is 1.92 bits per heavy atom. The molecule has 0 saturated carbocycles. The maximum absolute atomic E-state index is 14.4. The lowest BCUT2D eigenvalue weighted by molar-refractivity contribution is -0.150. The number of alkyl carbamates (subject to hydrolysis) is 1. The molecule has 3 unspecified atom stereocenters. The van der Waals surface area contributed by atoms with E-state index in [-0.39, 0.29) is 23.8 Å². The molecular weight excluding hydrogens is 466 g/mol. The summed E-state index contributed by atoms with van der Waals surface area (Å²) in [4.78, 5) is 42.9. The molecule has 1 aromatic rings. The molecule has 0 fully saturated rings. The van der Waals surface area contributed by atoms with Crippen LogP contribution in [-0.4, -0.2) is 46.0 Å². The zero-order valence-corrected chi connectivity index (χ0v) is 25.2. The number of amides is 3. The molecule has 0 heterocycles. The van der Waals surface area contributed by atoms with Crippen molar-refractivity contribution in [2.75, 3.05) is 0 Å². The number of hydrogen-bond donors (Lipinski definition) is 2. The molecule has 7 heteroatoms. The molecule has 1 aromatic carbocycles. The van der Waals surface area contributed by atoms with Crippen molar-refractivity contribution in [2.45, 2.75) is 132 Å². The lowest BCUT2D eigenvalue weighted by Gasteiger charge is -2.46. The molecule has 0 spiro atoms. The van der Waals surface area contributed by atoms with Crippen LogP contribution in [0, 0.1) is 19.8 Å². The van der Waals surface area contributed by atoms with E-state index in [1.807, 2.05) is 73.6 Å². The van der Waals surface area contributed by atoms with Crippen molar-refractivity contribution in [3.8, 4) is 0 Å². The Kier molecular flexibility index (Phi) is 11.7. The summed E-state index contributed by atoms with van der Waals surface area (Å²) in [5.74, 6) is -0.748. The number of hydrogen-bond acceptors (Lipinski definition) is 4. The van der Waals surface area contributed by atoms with Crippen molar-refractivity contribution >= 4 is 17.9 Å². The highest BCUT2D eigenvalue weighted by atomic mass is 16.6. The quantitative estimate of drug-likeness (QED) is 0.365. The van der Waals surface area contributed by atoms with Crippen LogP contribution >= 0.6 is 0 Å². The molecule has 0 bridgehead atoms. The van der Waals surface area contributed by atoms with Crippen LogP contribution in [0.5, 0.6) is 0 Å². The lowest BCUT2D eigenvalue weighted by atomic mass is 9.87. The van der Waals surface area contributed by atoms with Crippen LogP contribution in [-0.2, 0) is 14.3 Å². The third kappa shape index (κ3) is 9.04. The molecule has 0 saturated heterocycles. The standard InChI is InChI=1S/C30H51N3O4/c1-13-16-22(7)31-26(34)25(23-20(5)17-15-18-21(23)6)33(30(11,12)14-2)27(35)24(19(3)4)32-28(36)37-29(8,9)10/h15,17-19,22,24-25H,13-14,16H2,1-12H3,(H,31,34)(H,32,36). The van der Waals surface area contributed by atoms with Crippen molar-refractivity contribution in [2.24, 2.45) is 5.92 Å². The number of nitrogens with one attached hydrogen (secondary N) is 2. The first-order valence-corrected chi connectivity index (χ1v) is 13.7. The molecule has 2 N–H and O–H groups in total. The number of nitrogens with zero attached hydrogens (tertiary/aromatic N) is 1. The molecule has 37 heavy (non-hydrogen) atoms. The largest absolute Gasteiger partial charge is 0.444 e. The van der Waals surface area contributed by atoms with Gasteiger partial charge in [0.2, 0.25) is 11.8 Å². The van der Waals surface area contributed by atoms with Crippen LogP contribution in [0.4, 0.5) is 4.79 Å². The second-order valence-electron chi connectivity index (χ2n) is 12.1. The van der Waals surface area contributed by atoms with Gasteiger partial charge in [0.05, 0.1) is 0 Å². The predicted octanol–water partition coefficient (Wildman–Crippen LogP) is 6.22. The average molecular weight is 518 g/mol. The van der Waals surface area contributed by atoms with E-state index in [1.54, 1.807) is 25.7 Å². The molecule has 0 aliphatic carbocycles. The third-order valence-corrected chi connectivity index (χ3v) is 6.79. The Hall–Kier alpha value is -2.57. The van der Waals surface area contributed by atoms with Gasteiger partial charge < -0.3 is 20.3 Å². The Bertz CT molecular complexity index is 913. The minimum absolute atomic E-state index is 0.0354. The summed E-state index contributed by atoms with van der Waals surface area (Å²) in [6.45, 7) is 23.1. The van der Waals surface area contributed by atoms with E-state index in [4.69, 9.17) is 4.74 Å². The summed E-state index contributed by atoms with van der Waals surface area (Å²) >= 11 is 0. The van der Waals surface area contributed by atoms with Gasteiger partial charge in [-0.3, -0.25) is 9.59 Å². The van der Waals surface area contributed by atoms with Crippen LogP contribution in [0.1, 0.15) is 111 Å². The van der Waals surface area contributed by atoms with Crippen LogP contribution in [0.25, 0.3) is 0 Å². The van der Waals surface area contributed by atoms with Crippen molar-refractivity contribution in [1.29, 1.82) is 0 Å². The molecule has 3 atom stereocenters. The highest BCUT2D eigenvalue weighted by molar-refractivity contribution is 5.93. The molecule has 3 amide bonds. The number of aryl methyl sites for hydroxylation is 2. The number of rotatable bonds is 11. The zero-order valence-electron chi connectivity index (χ0n) is 25.2. The van der Waals surface area contributed by atoms with Crippen molar-refractivity contribution < 1.29 is 19.1 Å².